The second-order valence-corrected chi connectivity index (χ2v) is 8.19. The van der Waals surface area contributed by atoms with Gasteiger partial charge in [-0.3, -0.25) is 4.72 Å². The molecular formula is C19H23FN4O3S. The van der Waals surface area contributed by atoms with Crippen molar-refractivity contribution in [3.8, 4) is 11.6 Å². The molecule has 0 aliphatic rings. The molecule has 2 aromatic heterocycles. The number of hydrogen-bond acceptors (Lipinski definition) is 5. The maximum atomic E-state index is 14.1. The molecule has 0 unspecified atom stereocenters. The van der Waals surface area contributed by atoms with E-state index in [0.717, 1.165) is 5.56 Å². The molecule has 28 heavy (non-hydrogen) atoms. The van der Waals surface area contributed by atoms with E-state index in [0.29, 0.717) is 35.8 Å². The Bertz CT molecular complexity index is 1130. The maximum absolute atomic E-state index is 14.1. The van der Waals surface area contributed by atoms with Crippen molar-refractivity contribution in [1.82, 2.24) is 14.8 Å². The molecule has 0 fully saturated rings. The predicted octanol–water partition coefficient (Wildman–Crippen LogP) is 3.99. The summed E-state index contributed by atoms with van der Waals surface area (Å²) in [4.78, 5) is 0.0847. The molecule has 0 saturated heterocycles. The Hall–Kier alpha value is -2.68. The molecule has 0 bridgehead atoms. The molecule has 9 heteroatoms. The molecule has 3 aromatic rings. The van der Waals surface area contributed by atoms with Crippen molar-refractivity contribution in [3.05, 3.63) is 46.7 Å². The Morgan fingerprint density at radius 3 is 2.50 bits per heavy atom. The number of aromatic nitrogens is 3. The third-order valence-electron chi connectivity index (χ3n) is 4.62. The van der Waals surface area contributed by atoms with Gasteiger partial charge in [-0.15, -0.1) is 10.2 Å². The van der Waals surface area contributed by atoms with Gasteiger partial charge in [-0.1, -0.05) is 13.0 Å². The van der Waals surface area contributed by atoms with E-state index >= 15 is 0 Å². The number of aryl methyl sites for hydroxylation is 2. The highest BCUT2D eigenvalue weighted by molar-refractivity contribution is 7.92. The fraction of sp³-hybridized carbons (Fsp3) is 0.368. The van der Waals surface area contributed by atoms with Gasteiger partial charge in [-0.05, 0) is 45.4 Å². The van der Waals surface area contributed by atoms with Gasteiger partial charge in [0.1, 0.15) is 16.4 Å². The summed E-state index contributed by atoms with van der Waals surface area (Å²) in [6, 6.07) is 4.28. The van der Waals surface area contributed by atoms with Crippen molar-refractivity contribution in [1.29, 1.82) is 0 Å². The lowest BCUT2D eigenvalue weighted by Gasteiger charge is -2.11. The summed E-state index contributed by atoms with van der Waals surface area (Å²) in [6.07, 6.45) is 0.581. The predicted molar refractivity (Wildman–Crippen MR) is 104 cm³/mol. The molecule has 1 N–H and O–H groups in total. The zero-order valence-corrected chi connectivity index (χ0v) is 17.3. The van der Waals surface area contributed by atoms with Crippen LogP contribution in [0, 0.1) is 26.6 Å². The molecule has 0 aliphatic heterocycles. The first-order valence-corrected chi connectivity index (χ1v) is 10.5. The zero-order chi connectivity index (χ0) is 20.6. The second kappa shape index (κ2) is 7.38. The van der Waals surface area contributed by atoms with E-state index in [4.69, 9.17) is 4.42 Å². The van der Waals surface area contributed by atoms with Crippen LogP contribution >= 0.6 is 0 Å². The van der Waals surface area contributed by atoms with Crippen molar-refractivity contribution in [2.45, 2.75) is 52.5 Å². The Morgan fingerprint density at radius 1 is 1.18 bits per heavy atom. The van der Waals surface area contributed by atoms with E-state index in [1.807, 2.05) is 18.4 Å². The van der Waals surface area contributed by atoms with Gasteiger partial charge in [0, 0.05) is 24.2 Å². The summed E-state index contributed by atoms with van der Waals surface area (Å²) in [7, 11) is -4.03. The van der Waals surface area contributed by atoms with Gasteiger partial charge >= 0.3 is 0 Å². The highest BCUT2D eigenvalue weighted by Crippen LogP contribution is 2.34. The number of sulfonamides is 1. The third kappa shape index (κ3) is 3.42. The first-order valence-electron chi connectivity index (χ1n) is 9.01. The first kappa shape index (κ1) is 20.1. The molecule has 1 aromatic carbocycles. The molecule has 0 amide bonds. The van der Waals surface area contributed by atoms with Gasteiger partial charge in [0.15, 0.2) is 0 Å². The monoisotopic (exact) mass is 406 g/mol. The summed E-state index contributed by atoms with van der Waals surface area (Å²) < 4.78 is 50.2. The Kier molecular flexibility index (Phi) is 5.29. The minimum absolute atomic E-state index is 0.0847. The van der Waals surface area contributed by atoms with E-state index in [1.54, 1.807) is 26.8 Å². The molecule has 150 valence electrons. The lowest BCUT2D eigenvalue weighted by atomic mass is 10.2. The Balaban J connectivity index is 2.15. The van der Waals surface area contributed by atoms with Crippen LogP contribution in [0.15, 0.2) is 27.5 Å². The van der Waals surface area contributed by atoms with E-state index in [-0.39, 0.29) is 16.5 Å². The molecule has 7 nitrogen and oxygen atoms in total. The molecule has 0 atom stereocenters. The maximum Gasteiger partial charge on any atom is 0.264 e. The minimum Gasteiger partial charge on any atom is -0.419 e. The van der Waals surface area contributed by atoms with Crippen molar-refractivity contribution in [2.75, 3.05) is 4.72 Å². The lowest BCUT2D eigenvalue weighted by molar-refractivity contribution is 0.507. The van der Waals surface area contributed by atoms with Crippen LogP contribution < -0.4 is 4.72 Å². The van der Waals surface area contributed by atoms with Crippen LogP contribution in [0.1, 0.15) is 36.6 Å². The van der Waals surface area contributed by atoms with Gasteiger partial charge in [0.05, 0.1) is 5.69 Å². The number of nitrogens with zero attached hydrogens (tertiary/aromatic N) is 3. The van der Waals surface area contributed by atoms with E-state index < -0.39 is 15.8 Å². The lowest BCUT2D eigenvalue weighted by Crippen LogP contribution is -2.16. The van der Waals surface area contributed by atoms with Crippen LogP contribution in [0.2, 0.25) is 0 Å². The summed E-state index contributed by atoms with van der Waals surface area (Å²) >= 11 is 0. The second-order valence-electron chi connectivity index (χ2n) is 6.58. The molecule has 3 rings (SSSR count). The van der Waals surface area contributed by atoms with E-state index in [9.17, 15) is 12.8 Å². The average Bonchev–Trinajstić information content (AvgIpc) is 3.19. The van der Waals surface area contributed by atoms with Crippen LogP contribution in [-0.4, -0.2) is 23.2 Å². The van der Waals surface area contributed by atoms with Gasteiger partial charge in [-0.25, -0.2) is 12.8 Å². The Labute approximate surface area is 163 Å². The number of hydrogen-bond donors (Lipinski definition) is 1. The standard InChI is InChI=1S/C19H23FN4O3S/c1-6-16-21-22-19(27-16)17-12(4)18(13(5)24(17)7-2)28(25,26)23-15-10-11(3)8-9-14(15)20/h8-10,23H,6-7H2,1-5H3. The summed E-state index contributed by atoms with van der Waals surface area (Å²) in [5.41, 5.74) is 2.21. The van der Waals surface area contributed by atoms with E-state index in [2.05, 4.69) is 14.9 Å². The van der Waals surface area contributed by atoms with Gasteiger partial charge in [-0.2, -0.15) is 0 Å². The topological polar surface area (TPSA) is 90.0 Å². The SMILES string of the molecule is CCc1nnc(-c2c(C)c(S(=O)(=O)Nc3cc(C)ccc3F)c(C)n2CC)o1. The fourth-order valence-electron chi connectivity index (χ4n) is 3.34. The van der Waals surface area contributed by atoms with Gasteiger partial charge in [0.2, 0.25) is 5.89 Å². The largest absolute Gasteiger partial charge is 0.419 e. The smallest absolute Gasteiger partial charge is 0.264 e. The summed E-state index contributed by atoms with van der Waals surface area (Å²) in [5, 5.41) is 8.03. The summed E-state index contributed by atoms with van der Waals surface area (Å²) in [6.45, 7) is 9.46. The molecule has 0 spiro atoms. The molecule has 0 radical (unpaired) electrons. The first-order chi connectivity index (χ1) is 13.2. The van der Waals surface area contributed by atoms with Crippen molar-refractivity contribution >= 4 is 15.7 Å². The van der Waals surface area contributed by atoms with Crippen molar-refractivity contribution in [3.63, 3.8) is 0 Å². The molecule has 0 saturated carbocycles. The van der Waals surface area contributed by atoms with Crippen LogP contribution in [0.25, 0.3) is 11.6 Å². The number of anilines is 1. The van der Waals surface area contributed by atoms with E-state index in [1.165, 1.54) is 12.1 Å². The van der Waals surface area contributed by atoms with Crippen molar-refractivity contribution in [2.24, 2.45) is 0 Å². The quantitative estimate of drug-likeness (QED) is 0.669. The van der Waals surface area contributed by atoms with Crippen LogP contribution in [0.4, 0.5) is 10.1 Å². The highest BCUT2D eigenvalue weighted by Gasteiger charge is 2.30. The number of rotatable bonds is 6. The average molecular weight is 406 g/mol. The molecule has 0 aliphatic carbocycles. The van der Waals surface area contributed by atoms with Crippen LogP contribution in [-0.2, 0) is 23.0 Å². The van der Waals surface area contributed by atoms with Crippen LogP contribution in [0.5, 0.6) is 0 Å². The van der Waals surface area contributed by atoms with Crippen LogP contribution in [0.3, 0.4) is 0 Å². The third-order valence-corrected chi connectivity index (χ3v) is 6.25. The Morgan fingerprint density at radius 2 is 1.89 bits per heavy atom. The normalized spacial score (nSPS) is 11.8. The zero-order valence-electron chi connectivity index (χ0n) is 16.5. The highest BCUT2D eigenvalue weighted by atomic mass is 32.2. The molecule has 2 heterocycles. The van der Waals surface area contributed by atoms with Gasteiger partial charge in [0.25, 0.3) is 15.9 Å². The fourth-order valence-corrected chi connectivity index (χ4v) is 4.89. The number of halogens is 1. The van der Waals surface area contributed by atoms with Crippen molar-refractivity contribution < 1.29 is 17.2 Å². The number of nitrogens with one attached hydrogen (secondary N) is 1. The number of benzene rings is 1. The van der Waals surface area contributed by atoms with Gasteiger partial charge < -0.3 is 8.98 Å². The minimum atomic E-state index is -4.03. The molecular weight excluding hydrogens is 383 g/mol. The summed E-state index contributed by atoms with van der Waals surface area (Å²) in [5.74, 6) is 0.104.